The lowest BCUT2D eigenvalue weighted by molar-refractivity contribution is 0.0951. The first-order valence-electron chi connectivity index (χ1n) is 5.73. The molecule has 94 valence electrons. The molecular formula is C12H17ClN2O2. The van der Waals surface area contributed by atoms with Crippen LogP contribution in [-0.4, -0.2) is 29.1 Å². The van der Waals surface area contributed by atoms with Gasteiger partial charge in [0.15, 0.2) is 0 Å². The smallest absolute Gasteiger partial charge is 0.251 e. The van der Waals surface area contributed by atoms with Crippen molar-refractivity contribution in [3.63, 3.8) is 0 Å². The predicted molar refractivity (Wildman–Crippen MR) is 67.3 cm³/mol. The molecule has 17 heavy (non-hydrogen) atoms. The molecule has 2 N–H and O–H groups in total. The van der Waals surface area contributed by atoms with Gasteiger partial charge in [-0.25, -0.2) is 4.98 Å². The van der Waals surface area contributed by atoms with E-state index in [2.05, 4.69) is 10.3 Å². The van der Waals surface area contributed by atoms with E-state index in [0.717, 1.165) is 18.5 Å². The number of hydrogen-bond donors (Lipinski definition) is 2. The van der Waals surface area contributed by atoms with Crippen LogP contribution in [0.5, 0.6) is 0 Å². The summed E-state index contributed by atoms with van der Waals surface area (Å²) in [6.07, 6.45) is 2.31. The zero-order chi connectivity index (χ0) is 12.7. The molecule has 1 amide bonds. The molecule has 0 aromatic carbocycles. The maximum atomic E-state index is 11.7. The lowest BCUT2D eigenvalue weighted by Gasteiger charge is -2.06. The van der Waals surface area contributed by atoms with Crippen molar-refractivity contribution in [3.05, 3.63) is 28.5 Å². The molecule has 0 spiro atoms. The summed E-state index contributed by atoms with van der Waals surface area (Å²) in [5.41, 5.74) is 1.35. The van der Waals surface area contributed by atoms with Crippen molar-refractivity contribution in [1.29, 1.82) is 0 Å². The third-order valence-electron chi connectivity index (χ3n) is 2.24. The third kappa shape index (κ3) is 4.71. The number of aliphatic hydroxyl groups is 1. The van der Waals surface area contributed by atoms with Crippen LogP contribution in [0, 0.1) is 0 Å². The minimum Gasteiger partial charge on any atom is -0.396 e. The zero-order valence-corrected chi connectivity index (χ0v) is 10.6. The van der Waals surface area contributed by atoms with Crippen molar-refractivity contribution in [2.24, 2.45) is 0 Å². The van der Waals surface area contributed by atoms with Crippen LogP contribution in [-0.2, 0) is 6.42 Å². The van der Waals surface area contributed by atoms with Gasteiger partial charge in [-0.2, -0.15) is 0 Å². The first-order chi connectivity index (χ1) is 8.17. The van der Waals surface area contributed by atoms with Crippen molar-refractivity contribution in [3.8, 4) is 0 Å². The molecule has 1 aromatic rings. The highest BCUT2D eigenvalue weighted by atomic mass is 35.5. The van der Waals surface area contributed by atoms with Crippen LogP contribution < -0.4 is 5.32 Å². The van der Waals surface area contributed by atoms with E-state index in [9.17, 15) is 4.79 Å². The van der Waals surface area contributed by atoms with Gasteiger partial charge in [-0.1, -0.05) is 24.9 Å². The number of aryl methyl sites for hydroxylation is 1. The number of pyridine rings is 1. The Hall–Kier alpha value is -1.13. The van der Waals surface area contributed by atoms with Crippen LogP contribution >= 0.6 is 11.6 Å². The highest BCUT2D eigenvalue weighted by molar-refractivity contribution is 6.29. The summed E-state index contributed by atoms with van der Waals surface area (Å²) < 4.78 is 0. The molecule has 0 radical (unpaired) electrons. The molecule has 0 saturated heterocycles. The van der Waals surface area contributed by atoms with E-state index in [4.69, 9.17) is 16.7 Å². The maximum Gasteiger partial charge on any atom is 0.251 e. The molecule has 4 nitrogen and oxygen atoms in total. The number of carbonyl (C=O) groups excluding carboxylic acids is 1. The number of aliphatic hydroxyl groups excluding tert-OH is 1. The van der Waals surface area contributed by atoms with E-state index in [1.54, 1.807) is 12.1 Å². The van der Waals surface area contributed by atoms with E-state index in [0.29, 0.717) is 23.7 Å². The largest absolute Gasteiger partial charge is 0.396 e. The summed E-state index contributed by atoms with van der Waals surface area (Å²) in [4.78, 5) is 15.9. The summed E-state index contributed by atoms with van der Waals surface area (Å²) in [5.74, 6) is -0.180. The number of aromatic nitrogens is 1. The van der Waals surface area contributed by atoms with Gasteiger partial charge in [0.25, 0.3) is 5.91 Å². The average Bonchev–Trinajstić information content (AvgIpc) is 2.29. The third-order valence-corrected chi connectivity index (χ3v) is 2.43. The maximum absolute atomic E-state index is 11.7. The number of nitrogens with zero attached hydrogens (tertiary/aromatic N) is 1. The average molecular weight is 257 g/mol. The van der Waals surface area contributed by atoms with Gasteiger partial charge in [0.1, 0.15) is 5.15 Å². The first-order valence-corrected chi connectivity index (χ1v) is 6.10. The summed E-state index contributed by atoms with van der Waals surface area (Å²) in [6, 6.07) is 3.30. The molecule has 0 unspecified atom stereocenters. The zero-order valence-electron chi connectivity index (χ0n) is 9.87. The van der Waals surface area contributed by atoms with Gasteiger partial charge < -0.3 is 10.4 Å². The molecule has 0 fully saturated rings. The fourth-order valence-electron chi connectivity index (χ4n) is 1.45. The second kappa shape index (κ2) is 7.25. The minimum absolute atomic E-state index is 0.0679. The molecule has 1 heterocycles. The molecule has 1 rings (SSSR count). The molecule has 0 atom stereocenters. The molecule has 0 aliphatic carbocycles. The summed E-state index contributed by atoms with van der Waals surface area (Å²) >= 11 is 5.86. The second-order valence-electron chi connectivity index (χ2n) is 3.75. The summed E-state index contributed by atoms with van der Waals surface area (Å²) in [6.45, 7) is 2.57. The van der Waals surface area contributed by atoms with Gasteiger partial charge in [0.2, 0.25) is 0 Å². The van der Waals surface area contributed by atoms with E-state index < -0.39 is 0 Å². The molecule has 0 aliphatic rings. The van der Waals surface area contributed by atoms with Crippen LogP contribution in [0.1, 0.15) is 35.8 Å². The van der Waals surface area contributed by atoms with Crippen LogP contribution in [0.2, 0.25) is 5.15 Å². The van der Waals surface area contributed by atoms with Crippen molar-refractivity contribution in [1.82, 2.24) is 10.3 Å². The lowest BCUT2D eigenvalue weighted by atomic mass is 10.1. The molecule has 5 heteroatoms. The van der Waals surface area contributed by atoms with Crippen molar-refractivity contribution >= 4 is 17.5 Å². The molecule has 0 saturated carbocycles. The second-order valence-corrected chi connectivity index (χ2v) is 4.14. The van der Waals surface area contributed by atoms with Crippen LogP contribution in [0.4, 0.5) is 0 Å². The fraction of sp³-hybridized carbons (Fsp3) is 0.500. The standard InChI is InChI=1S/C12H17ClN2O2/c1-2-4-10-7-9(8-11(13)15-10)12(17)14-5-3-6-16/h7-8,16H,2-6H2,1H3,(H,14,17). The van der Waals surface area contributed by atoms with Crippen LogP contribution in [0.25, 0.3) is 0 Å². The number of nitrogens with one attached hydrogen (secondary N) is 1. The van der Waals surface area contributed by atoms with Crippen molar-refractivity contribution < 1.29 is 9.90 Å². The van der Waals surface area contributed by atoms with Crippen LogP contribution in [0.3, 0.4) is 0 Å². The number of halogens is 1. The van der Waals surface area contributed by atoms with E-state index in [1.807, 2.05) is 6.92 Å². The van der Waals surface area contributed by atoms with Gasteiger partial charge in [0, 0.05) is 24.4 Å². The van der Waals surface area contributed by atoms with Gasteiger partial charge in [-0.3, -0.25) is 4.79 Å². The van der Waals surface area contributed by atoms with Crippen molar-refractivity contribution in [2.45, 2.75) is 26.2 Å². The van der Waals surface area contributed by atoms with E-state index >= 15 is 0 Å². The number of rotatable bonds is 6. The number of amides is 1. The Kier molecular flexibility index (Phi) is 5.94. The van der Waals surface area contributed by atoms with Gasteiger partial charge in [-0.15, -0.1) is 0 Å². The Labute approximate surface area is 106 Å². The molecule has 1 aromatic heterocycles. The molecular weight excluding hydrogens is 240 g/mol. The van der Waals surface area contributed by atoms with Crippen molar-refractivity contribution in [2.75, 3.05) is 13.2 Å². The molecule has 0 bridgehead atoms. The van der Waals surface area contributed by atoms with Crippen LogP contribution in [0.15, 0.2) is 12.1 Å². The van der Waals surface area contributed by atoms with Gasteiger partial charge in [-0.05, 0) is 25.0 Å². The lowest BCUT2D eigenvalue weighted by Crippen LogP contribution is -2.25. The quantitative estimate of drug-likeness (QED) is 0.603. The van der Waals surface area contributed by atoms with Gasteiger partial charge >= 0.3 is 0 Å². The summed E-state index contributed by atoms with van der Waals surface area (Å²) in [5, 5.41) is 11.7. The summed E-state index contributed by atoms with van der Waals surface area (Å²) in [7, 11) is 0. The Balaban J connectivity index is 2.71. The normalized spacial score (nSPS) is 10.3. The monoisotopic (exact) mass is 256 g/mol. The fourth-order valence-corrected chi connectivity index (χ4v) is 1.68. The first kappa shape index (κ1) is 13.9. The highest BCUT2D eigenvalue weighted by Gasteiger charge is 2.08. The Bertz CT molecular complexity index is 383. The Morgan fingerprint density at radius 2 is 2.29 bits per heavy atom. The number of hydrogen-bond acceptors (Lipinski definition) is 3. The highest BCUT2D eigenvalue weighted by Crippen LogP contribution is 2.12. The Morgan fingerprint density at radius 1 is 1.53 bits per heavy atom. The predicted octanol–water partition coefficient (Wildman–Crippen LogP) is 1.80. The topological polar surface area (TPSA) is 62.2 Å². The Morgan fingerprint density at radius 3 is 2.94 bits per heavy atom. The molecule has 0 aliphatic heterocycles. The SMILES string of the molecule is CCCc1cc(C(=O)NCCCO)cc(Cl)n1. The van der Waals surface area contributed by atoms with Gasteiger partial charge in [0.05, 0.1) is 0 Å². The minimum atomic E-state index is -0.180. The van der Waals surface area contributed by atoms with E-state index in [-0.39, 0.29) is 12.5 Å². The number of carbonyl (C=O) groups is 1. The van der Waals surface area contributed by atoms with E-state index in [1.165, 1.54) is 0 Å².